The molecule has 3 heteroatoms. The molecule has 1 aromatic rings. The summed E-state index contributed by atoms with van der Waals surface area (Å²) < 4.78 is 11.5. The van der Waals surface area contributed by atoms with E-state index in [1.54, 1.807) is 0 Å². The van der Waals surface area contributed by atoms with Crippen molar-refractivity contribution in [2.24, 2.45) is 5.92 Å². The molecule has 1 aromatic carbocycles. The van der Waals surface area contributed by atoms with Crippen LogP contribution in [0.2, 0.25) is 0 Å². The molecule has 0 aliphatic carbocycles. The highest BCUT2D eigenvalue weighted by atomic mass is 16.5. The molecule has 1 N–H and O–H groups in total. The predicted octanol–water partition coefficient (Wildman–Crippen LogP) is 3.16. The number of hydrogen-bond acceptors (Lipinski definition) is 3. The average Bonchev–Trinajstić information content (AvgIpc) is 2.84. The van der Waals surface area contributed by atoms with Gasteiger partial charge in [-0.2, -0.15) is 0 Å². The van der Waals surface area contributed by atoms with E-state index >= 15 is 0 Å². The van der Waals surface area contributed by atoms with E-state index in [1.807, 2.05) is 13.0 Å². The maximum absolute atomic E-state index is 5.78. The largest absolute Gasteiger partial charge is 0.494 e. The van der Waals surface area contributed by atoms with Crippen molar-refractivity contribution in [3.63, 3.8) is 0 Å². The lowest BCUT2D eigenvalue weighted by Gasteiger charge is -2.28. The molecule has 0 saturated carbocycles. The van der Waals surface area contributed by atoms with Crippen molar-refractivity contribution in [3.05, 3.63) is 29.8 Å². The SMILES string of the molecule is CCNC(c1ccccc1OCC)C1CCOC1C. The van der Waals surface area contributed by atoms with Gasteiger partial charge in [-0.3, -0.25) is 0 Å². The Morgan fingerprint density at radius 3 is 2.79 bits per heavy atom. The second-order valence-electron chi connectivity index (χ2n) is 5.03. The molecule has 0 bridgehead atoms. The van der Waals surface area contributed by atoms with Gasteiger partial charge < -0.3 is 14.8 Å². The molecule has 3 nitrogen and oxygen atoms in total. The van der Waals surface area contributed by atoms with Gasteiger partial charge in [0.1, 0.15) is 5.75 Å². The zero-order valence-electron chi connectivity index (χ0n) is 12.2. The van der Waals surface area contributed by atoms with E-state index in [-0.39, 0.29) is 0 Å². The van der Waals surface area contributed by atoms with Crippen molar-refractivity contribution in [3.8, 4) is 5.75 Å². The third-order valence-corrected chi connectivity index (χ3v) is 3.84. The van der Waals surface area contributed by atoms with Gasteiger partial charge in [-0.25, -0.2) is 0 Å². The molecule has 1 fully saturated rings. The van der Waals surface area contributed by atoms with Crippen LogP contribution in [0.25, 0.3) is 0 Å². The van der Waals surface area contributed by atoms with Gasteiger partial charge in [0.25, 0.3) is 0 Å². The normalized spacial score (nSPS) is 24.4. The first-order chi connectivity index (χ1) is 9.27. The van der Waals surface area contributed by atoms with Crippen LogP contribution in [0.1, 0.15) is 38.8 Å². The molecule has 3 atom stereocenters. The van der Waals surface area contributed by atoms with E-state index in [9.17, 15) is 0 Å². The average molecular weight is 263 g/mol. The molecule has 1 saturated heterocycles. The number of ether oxygens (including phenoxy) is 2. The maximum Gasteiger partial charge on any atom is 0.124 e. The highest BCUT2D eigenvalue weighted by Gasteiger charge is 2.33. The lowest BCUT2D eigenvalue weighted by molar-refractivity contribution is 0.0952. The number of hydrogen-bond donors (Lipinski definition) is 1. The first-order valence-electron chi connectivity index (χ1n) is 7.34. The minimum Gasteiger partial charge on any atom is -0.494 e. The molecule has 3 unspecified atom stereocenters. The molecule has 0 aromatic heterocycles. The quantitative estimate of drug-likeness (QED) is 0.855. The molecule has 19 heavy (non-hydrogen) atoms. The summed E-state index contributed by atoms with van der Waals surface area (Å²) >= 11 is 0. The summed E-state index contributed by atoms with van der Waals surface area (Å²) in [6, 6.07) is 8.66. The zero-order valence-corrected chi connectivity index (χ0v) is 12.2. The summed E-state index contributed by atoms with van der Waals surface area (Å²) in [4.78, 5) is 0. The van der Waals surface area contributed by atoms with Crippen molar-refractivity contribution in [1.29, 1.82) is 0 Å². The van der Waals surface area contributed by atoms with Crippen molar-refractivity contribution in [2.45, 2.75) is 39.3 Å². The van der Waals surface area contributed by atoms with Crippen LogP contribution in [0.3, 0.4) is 0 Å². The van der Waals surface area contributed by atoms with Crippen LogP contribution in [0, 0.1) is 5.92 Å². The van der Waals surface area contributed by atoms with Gasteiger partial charge in [0.05, 0.1) is 12.7 Å². The summed E-state index contributed by atoms with van der Waals surface area (Å²) in [5, 5.41) is 3.61. The monoisotopic (exact) mass is 263 g/mol. The van der Waals surface area contributed by atoms with Crippen LogP contribution >= 0.6 is 0 Å². The van der Waals surface area contributed by atoms with E-state index in [0.29, 0.717) is 24.7 Å². The van der Waals surface area contributed by atoms with Crippen molar-refractivity contribution >= 4 is 0 Å². The fourth-order valence-corrected chi connectivity index (χ4v) is 2.92. The van der Waals surface area contributed by atoms with Gasteiger partial charge in [-0.1, -0.05) is 25.1 Å². The Balaban J connectivity index is 2.27. The second-order valence-corrected chi connectivity index (χ2v) is 5.03. The molecule has 0 radical (unpaired) electrons. The van der Waals surface area contributed by atoms with Crippen LogP contribution in [-0.4, -0.2) is 25.9 Å². The molecule has 1 aliphatic heterocycles. The molecular formula is C16H25NO2. The van der Waals surface area contributed by atoms with Crippen LogP contribution in [-0.2, 0) is 4.74 Å². The summed E-state index contributed by atoms with van der Waals surface area (Å²) in [6.07, 6.45) is 1.41. The summed E-state index contributed by atoms with van der Waals surface area (Å²) in [7, 11) is 0. The molecule has 0 amide bonds. The van der Waals surface area contributed by atoms with Gasteiger partial charge in [-0.05, 0) is 32.9 Å². The molecule has 0 spiro atoms. The minimum atomic E-state index is 0.304. The minimum absolute atomic E-state index is 0.304. The molecule has 1 heterocycles. The molecule has 1 aliphatic rings. The Hall–Kier alpha value is -1.06. The van der Waals surface area contributed by atoms with Crippen LogP contribution < -0.4 is 10.1 Å². The van der Waals surface area contributed by atoms with Crippen molar-refractivity contribution in [2.75, 3.05) is 19.8 Å². The first kappa shape index (κ1) is 14.4. The summed E-state index contributed by atoms with van der Waals surface area (Å²) in [5.74, 6) is 1.51. The first-order valence-corrected chi connectivity index (χ1v) is 7.34. The smallest absolute Gasteiger partial charge is 0.124 e. The molecule has 106 valence electrons. The second kappa shape index (κ2) is 6.92. The van der Waals surface area contributed by atoms with Crippen LogP contribution in [0.15, 0.2) is 24.3 Å². The maximum atomic E-state index is 5.78. The fourth-order valence-electron chi connectivity index (χ4n) is 2.92. The van der Waals surface area contributed by atoms with Gasteiger partial charge in [0.15, 0.2) is 0 Å². The lowest BCUT2D eigenvalue weighted by atomic mass is 9.87. The third kappa shape index (κ3) is 3.28. The Bertz CT molecular complexity index is 394. The fraction of sp³-hybridized carbons (Fsp3) is 0.625. The van der Waals surface area contributed by atoms with E-state index in [4.69, 9.17) is 9.47 Å². The molecular weight excluding hydrogens is 238 g/mol. The zero-order chi connectivity index (χ0) is 13.7. The Morgan fingerprint density at radius 2 is 2.16 bits per heavy atom. The van der Waals surface area contributed by atoms with Gasteiger partial charge in [0.2, 0.25) is 0 Å². The summed E-state index contributed by atoms with van der Waals surface area (Å²) in [6.45, 7) is 8.87. The Morgan fingerprint density at radius 1 is 1.37 bits per heavy atom. The van der Waals surface area contributed by atoms with E-state index < -0.39 is 0 Å². The highest BCUT2D eigenvalue weighted by molar-refractivity contribution is 5.36. The standard InChI is InChI=1S/C16H25NO2/c1-4-17-16(13-10-11-19-12(13)3)14-8-6-7-9-15(14)18-5-2/h6-9,12-13,16-17H,4-5,10-11H2,1-3H3. The Kier molecular flexibility index (Phi) is 5.23. The van der Waals surface area contributed by atoms with Crippen molar-refractivity contribution < 1.29 is 9.47 Å². The number of benzene rings is 1. The van der Waals surface area contributed by atoms with Crippen molar-refractivity contribution in [1.82, 2.24) is 5.32 Å². The lowest BCUT2D eigenvalue weighted by Crippen LogP contribution is -2.32. The van der Waals surface area contributed by atoms with E-state index in [2.05, 4.69) is 37.4 Å². The van der Waals surface area contributed by atoms with E-state index in [1.165, 1.54) is 5.56 Å². The van der Waals surface area contributed by atoms with Gasteiger partial charge >= 0.3 is 0 Å². The molecule has 2 rings (SSSR count). The predicted molar refractivity (Wildman–Crippen MR) is 77.5 cm³/mol. The van der Waals surface area contributed by atoms with E-state index in [0.717, 1.165) is 25.3 Å². The highest BCUT2D eigenvalue weighted by Crippen LogP contribution is 2.37. The summed E-state index contributed by atoms with van der Waals surface area (Å²) in [5.41, 5.74) is 1.26. The van der Waals surface area contributed by atoms with Crippen LogP contribution in [0.4, 0.5) is 0 Å². The number of para-hydroxylation sites is 1. The number of rotatable bonds is 6. The topological polar surface area (TPSA) is 30.5 Å². The third-order valence-electron chi connectivity index (χ3n) is 3.84. The Labute approximate surface area is 116 Å². The van der Waals surface area contributed by atoms with Gasteiger partial charge in [-0.15, -0.1) is 0 Å². The van der Waals surface area contributed by atoms with Crippen LogP contribution in [0.5, 0.6) is 5.75 Å². The number of nitrogens with one attached hydrogen (secondary N) is 1. The van der Waals surface area contributed by atoms with Gasteiger partial charge in [0, 0.05) is 24.1 Å².